The van der Waals surface area contributed by atoms with E-state index in [1.165, 1.54) is 4.90 Å². The number of hydrogen-bond acceptors (Lipinski definition) is 3. The van der Waals surface area contributed by atoms with Gasteiger partial charge in [0.2, 0.25) is 5.91 Å². The highest BCUT2D eigenvalue weighted by Gasteiger charge is 2.21. The molecule has 0 radical (unpaired) electrons. The molecule has 0 spiro atoms. The first kappa shape index (κ1) is 15.0. The summed E-state index contributed by atoms with van der Waals surface area (Å²) in [7, 11) is 1.64. The molecule has 114 valence electrons. The number of para-hydroxylation sites is 1. The van der Waals surface area contributed by atoms with Crippen LogP contribution in [-0.2, 0) is 11.2 Å². The molecule has 22 heavy (non-hydrogen) atoms. The fraction of sp³-hybridized carbons (Fsp3) is 0.278. The molecule has 1 heterocycles. The minimum absolute atomic E-state index is 0.153. The van der Waals surface area contributed by atoms with Gasteiger partial charge in [-0.25, -0.2) is 0 Å². The molecule has 0 bridgehead atoms. The summed E-state index contributed by atoms with van der Waals surface area (Å²) in [5.41, 5.74) is 2.06. The van der Waals surface area contributed by atoms with Crippen LogP contribution >= 0.6 is 11.8 Å². The molecule has 0 saturated carbocycles. The second-order valence-electron chi connectivity index (χ2n) is 5.24. The summed E-state index contributed by atoms with van der Waals surface area (Å²) in [6.45, 7) is 0.791. The van der Waals surface area contributed by atoms with E-state index in [-0.39, 0.29) is 5.91 Å². The largest absolute Gasteiger partial charge is 0.497 e. The number of carbonyl (C=O) groups is 1. The van der Waals surface area contributed by atoms with Crippen LogP contribution in [0.25, 0.3) is 0 Å². The number of ether oxygens (including phenoxy) is 1. The van der Waals surface area contributed by atoms with E-state index in [4.69, 9.17) is 4.74 Å². The van der Waals surface area contributed by atoms with E-state index in [9.17, 15) is 4.79 Å². The van der Waals surface area contributed by atoms with Crippen molar-refractivity contribution >= 4 is 23.4 Å². The monoisotopic (exact) mass is 313 g/mol. The Balaban J connectivity index is 1.79. The van der Waals surface area contributed by atoms with E-state index >= 15 is 0 Å². The number of rotatable bonds is 3. The van der Waals surface area contributed by atoms with Crippen LogP contribution in [0.15, 0.2) is 53.4 Å². The lowest BCUT2D eigenvalue weighted by Crippen LogP contribution is -2.33. The van der Waals surface area contributed by atoms with Gasteiger partial charge in [0.25, 0.3) is 0 Å². The molecule has 0 aromatic heterocycles. The third kappa shape index (κ3) is 3.28. The number of fused-ring (bicyclic) bond motifs is 1. The van der Waals surface area contributed by atoms with Gasteiger partial charge in [0.1, 0.15) is 5.75 Å². The average molecular weight is 313 g/mol. The van der Waals surface area contributed by atoms with Crippen LogP contribution in [0.3, 0.4) is 0 Å². The van der Waals surface area contributed by atoms with E-state index in [0.717, 1.165) is 35.7 Å². The Hall–Kier alpha value is -1.94. The maximum Gasteiger partial charge on any atom is 0.231 e. The van der Waals surface area contributed by atoms with E-state index in [1.54, 1.807) is 7.11 Å². The van der Waals surface area contributed by atoms with Crippen LogP contribution in [0.2, 0.25) is 0 Å². The molecule has 2 aromatic rings. The lowest BCUT2D eigenvalue weighted by molar-refractivity contribution is -0.118. The quantitative estimate of drug-likeness (QED) is 0.864. The van der Waals surface area contributed by atoms with Crippen molar-refractivity contribution in [2.75, 3.05) is 24.3 Å². The Morgan fingerprint density at radius 2 is 1.95 bits per heavy atom. The maximum atomic E-state index is 12.7. The summed E-state index contributed by atoms with van der Waals surface area (Å²) in [5.74, 6) is 2.02. The molecule has 0 N–H and O–H groups in total. The maximum absolute atomic E-state index is 12.7. The molecule has 0 aliphatic carbocycles. The van der Waals surface area contributed by atoms with Gasteiger partial charge in [-0.1, -0.05) is 24.3 Å². The number of nitrogens with zero attached hydrogens (tertiary/aromatic N) is 1. The topological polar surface area (TPSA) is 29.5 Å². The highest BCUT2D eigenvalue weighted by Crippen LogP contribution is 2.33. The predicted octanol–water partition coefficient (Wildman–Crippen LogP) is 3.77. The Labute approximate surface area is 135 Å². The van der Waals surface area contributed by atoms with Crippen molar-refractivity contribution in [3.8, 4) is 5.75 Å². The second-order valence-corrected chi connectivity index (χ2v) is 6.38. The molecule has 1 aliphatic heterocycles. The Bertz CT molecular complexity index is 654. The first-order valence-corrected chi connectivity index (χ1v) is 8.41. The van der Waals surface area contributed by atoms with E-state index in [1.807, 2.05) is 59.1 Å². The van der Waals surface area contributed by atoms with Crippen LogP contribution in [0.4, 0.5) is 5.69 Å². The Kier molecular flexibility index (Phi) is 4.68. The normalized spacial score (nSPS) is 14.1. The summed E-state index contributed by atoms with van der Waals surface area (Å²) in [6.07, 6.45) is 1.44. The van der Waals surface area contributed by atoms with Crippen LogP contribution in [0.5, 0.6) is 5.75 Å². The molecule has 1 aliphatic rings. The van der Waals surface area contributed by atoms with Crippen molar-refractivity contribution in [3.63, 3.8) is 0 Å². The van der Waals surface area contributed by atoms with Gasteiger partial charge in [-0.2, -0.15) is 0 Å². The zero-order valence-electron chi connectivity index (χ0n) is 12.6. The average Bonchev–Trinajstić information content (AvgIpc) is 2.78. The van der Waals surface area contributed by atoms with E-state index < -0.39 is 0 Å². The van der Waals surface area contributed by atoms with Gasteiger partial charge in [0.15, 0.2) is 0 Å². The molecule has 1 amide bonds. The van der Waals surface area contributed by atoms with Crippen LogP contribution in [0.1, 0.15) is 12.0 Å². The Morgan fingerprint density at radius 1 is 1.18 bits per heavy atom. The van der Waals surface area contributed by atoms with Gasteiger partial charge >= 0.3 is 0 Å². The van der Waals surface area contributed by atoms with Gasteiger partial charge in [-0.05, 0) is 42.0 Å². The molecule has 3 nitrogen and oxygen atoms in total. The summed E-state index contributed by atoms with van der Waals surface area (Å²) >= 11 is 1.83. The summed E-state index contributed by atoms with van der Waals surface area (Å²) in [4.78, 5) is 15.9. The van der Waals surface area contributed by atoms with Crippen molar-refractivity contribution in [2.45, 2.75) is 17.7 Å². The molecular formula is C18H19NO2S. The van der Waals surface area contributed by atoms with E-state index in [0.29, 0.717) is 6.42 Å². The van der Waals surface area contributed by atoms with Crippen molar-refractivity contribution in [2.24, 2.45) is 0 Å². The van der Waals surface area contributed by atoms with Gasteiger partial charge < -0.3 is 9.64 Å². The summed E-state index contributed by atoms with van der Waals surface area (Å²) in [5, 5.41) is 0. The smallest absolute Gasteiger partial charge is 0.231 e. The van der Waals surface area contributed by atoms with Crippen LogP contribution in [-0.4, -0.2) is 25.3 Å². The predicted molar refractivity (Wildman–Crippen MR) is 90.8 cm³/mol. The molecule has 0 atom stereocenters. The van der Waals surface area contributed by atoms with Gasteiger partial charge in [0.05, 0.1) is 19.2 Å². The number of carbonyl (C=O) groups excluding carboxylic acids is 1. The SMILES string of the molecule is COc1ccc(CC(=O)N2CCCSc3ccccc32)cc1. The number of hydrogen-bond donors (Lipinski definition) is 0. The van der Waals surface area contributed by atoms with Crippen molar-refractivity contribution in [3.05, 3.63) is 54.1 Å². The highest BCUT2D eigenvalue weighted by atomic mass is 32.2. The van der Waals surface area contributed by atoms with Crippen LogP contribution < -0.4 is 9.64 Å². The minimum Gasteiger partial charge on any atom is -0.497 e. The molecule has 3 rings (SSSR count). The lowest BCUT2D eigenvalue weighted by atomic mass is 10.1. The van der Waals surface area contributed by atoms with Crippen LogP contribution in [0, 0.1) is 0 Å². The van der Waals surface area contributed by atoms with E-state index in [2.05, 4.69) is 6.07 Å². The first-order chi connectivity index (χ1) is 10.8. The standard InChI is InChI=1S/C18H19NO2S/c1-21-15-9-7-14(8-10-15)13-18(20)19-11-4-12-22-17-6-3-2-5-16(17)19/h2-3,5-10H,4,11-13H2,1H3. The molecule has 0 unspecified atom stereocenters. The lowest BCUT2D eigenvalue weighted by Gasteiger charge is -2.22. The molecule has 2 aromatic carbocycles. The molecular weight excluding hydrogens is 294 g/mol. The van der Waals surface area contributed by atoms with Crippen molar-refractivity contribution in [1.29, 1.82) is 0 Å². The van der Waals surface area contributed by atoms with Gasteiger partial charge in [0, 0.05) is 11.4 Å². The number of methoxy groups -OCH3 is 1. The summed E-state index contributed by atoms with van der Waals surface area (Å²) < 4.78 is 5.16. The highest BCUT2D eigenvalue weighted by molar-refractivity contribution is 7.99. The fourth-order valence-electron chi connectivity index (χ4n) is 2.60. The second kappa shape index (κ2) is 6.88. The zero-order valence-corrected chi connectivity index (χ0v) is 13.4. The third-order valence-electron chi connectivity index (χ3n) is 3.76. The van der Waals surface area contributed by atoms with Gasteiger partial charge in [-0.15, -0.1) is 11.8 Å². The fourth-order valence-corrected chi connectivity index (χ4v) is 3.59. The molecule has 0 saturated heterocycles. The molecule has 0 fully saturated rings. The van der Waals surface area contributed by atoms with Gasteiger partial charge in [-0.3, -0.25) is 4.79 Å². The zero-order chi connectivity index (χ0) is 15.4. The first-order valence-electron chi connectivity index (χ1n) is 7.43. The summed E-state index contributed by atoms with van der Waals surface area (Å²) in [6, 6.07) is 15.9. The number of thioether (sulfide) groups is 1. The molecule has 4 heteroatoms. The number of amides is 1. The third-order valence-corrected chi connectivity index (χ3v) is 4.90. The van der Waals surface area contributed by atoms with Crippen molar-refractivity contribution < 1.29 is 9.53 Å². The number of benzene rings is 2. The minimum atomic E-state index is 0.153. The Morgan fingerprint density at radius 3 is 2.73 bits per heavy atom. The van der Waals surface area contributed by atoms with Crippen molar-refractivity contribution in [1.82, 2.24) is 0 Å². The number of anilines is 1.